The first kappa shape index (κ1) is 15.3. The van der Waals surface area contributed by atoms with Gasteiger partial charge in [-0.2, -0.15) is 0 Å². The number of anilines is 1. The van der Waals surface area contributed by atoms with Gasteiger partial charge in [0.25, 0.3) is 0 Å². The molecule has 0 saturated heterocycles. The molecule has 0 aromatic heterocycles. The van der Waals surface area contributed by atoms with E-state index in [0.717, 1.165) is 21.7 Å². The van der Waals surface area contributed by atoms with E-state index in [1.165, 1.54) is 27.3 Å². The molecule has 4 heteroatoms. The Morgan fingerprint density at radius 3 is 2.81 bits per heavy atom. The van der Waals surface area contributed by atoms with Crippen LogP contribution in [-0.4, -0.2) is 5.75 Å². The lowest BCUT2D eigenvalue weighted by molar-refractivity contribution is 0.727. The Kier molecular flexibility index (Phi) is 4.53. The van der Waals surface area contributed by atoms with Crippen LogP contribution in [0.5, 0.6) is 0 Å². The fourth-order valence-corrected chi connectivity index (χ4v) is 4.86. The molecule has 21 heavy (non-hydrogen) atoms. The molecule has 0 bridgehead atoms. The Balaban J connectivity index is 1.96. The summed E-state index contributed by atoms with van der Waals surface area (Å²) in [6.07, 6.45) is 1.11. The highest BCUT2D eigenvalue weighted by atomic mass is 79.9. The maximum atomic E-state index is 6.18. The lowest BCUT2D eigenvalue weighted by Gasteiger charge is -2.28. The Labute approximate surface area is 143 Å². The van der Waals surface area contributed by atoms with Crippen LogP contribution in [0.1, 0.15) is 29.2 Å². The Bertz CT molecular complexity index is 663. The lowest BCUT2D eigenvalue weighted by Crippen LogP contribution is -2.17. The summed E-state index contributed by atoms with van der Waals surface area (Å²) in [6.45, 7) is 4.27. The molecule has 2 aromatic carbocycles. The van der Waals surface area contributed by atoms with E-state index in [1.54, 1.807) is 0 Å². The SMILES string of the molecule is Cc1cc(C)c(NC2CCSc3ccc(Cl)cc32)c(Br)c1. The Hall–Kier alpha value is -0.640. The normalized spacial score (nSPS) is 17.4. The van der Waals surface area contributed by atoms with E-state index in [9.17, 15) is 0 Å². The third-order valence-electron chi connectivity index (χ3n) is 3.76. The molecular formula is C17H17BrClNS. The number of hydrogen-bond donors (Lipinski definition) is 1. The van der Waals surface area contributed by atoms with Crippen molar-refractivity contribution in [1.82, 2.24) is 0 Å². The van der Waals surface area contributed by atoms with Crippen LogP contribution in [0.2, 0.25) is 5.02 Å². The number of thioether (sulfide) groups is 1. The first-order valence-corrected chi connectivity index (χ1v) is 9.16. The van der Waals surface area contributed by atoms with Crippen molar-refractivity contribution in [2.24, 2.45) is 0 Å². The van der Waals surface area contributed by atoms with E-state index in [4.69, 9.17) is 11.6 Å². The van der Waals surface area contributed by atoms with Crippen LogP contribution in [0, 0.1) is 13.8 Å². The summed E-state index contributed by atoms with van der Waals surface area (Å²) < 4.78 is 1.13. The average Bonchev–Trinajstić information content (AvgIpc) is 2.43. The highest BCUT2D eigenvalue weighted by Gasteiger charge is 2.22. The average molecular weight is 383 g/mol. The molecule has 1 aliphatic heterocycles. The molecule has 0 spiro atoms. The zero-order valence-electron chi connectivity index (χ0n) is 12.0. The molecular weight excluding hydrogens is 366 g/mol. The van der Waals surface area contributed by atoms with Crippen LogP contribution in [-0.2, 0) is 0 Å². The largest absolute Gasteiger partial charge is 0.377 e. The van der Waals surface area contributed by atoms with Crippen molar-refractivity contribution < 1.29 is 0 Å². The second-order valence-electron chi connectivity index (χ2n) is 5.45. The Morgan fingerprint density at radius 2 is 2.05 bits per heavy atom. The van der Waals surface area contributed by atoms with Gasteiger partial charge in [0, 0.05) is 20.1 Å². The fraction of sp³-hybridized carbons (Fsp3) is 0.294. The summed E-state index contributed by atoms with van der Waals surface area (Å²) in [7, 11) is 0. The van der Waals surface area contributed by atoms with Crippen LogP contribution in [0.4, 0.5) is 5.69 Å². The van der Waals surface area contributed by atoms with E-state index in [2.05, 4.69) is 59.4 Å². The number of benzene rings is 2. The summed E-state index contributed by atoms with van der Waals surface area (Å²) in [5, 5.41) is 4.52. The summed E-state index contributed by atoms with van der Waals surface area (Å²) in [5.74, 6) is 1.13. The molecule has 3 rings (SSSR count). The molecule has 2 aromatic rings. The molecule has 1 heterocycles. The minimum absolute atomic E-state index is 0.317. The van der Waals surface area contributed by atoms with Crippen LogP contribution in [0.15, 0.2) is 39.7 Å². The van der Waals surface area contributed by atoms with Gasteiger partial charge < -0.3 is 5.32 Å². The van der Waals surface area contributed by atoms with Gasteiger partial charge in [0.1, 0.15) is 0 Å². The second-order valence-corrected chi connectivity index (χ2v) is 7.88. The van der Waals surface area contributed by atoms with E-state index in [-0.39, 0.29) is 0 Å². The standard InChI is InChI=1S/C17H17BrClNS/c1-10-7-11(2)17(14(18)8-10)20-15-5-6-21-16-4-3-12(19)9-13(15)16/h3-4,7-9,15,20H,5-6H2,1-2H3. The van der Waals surface area contributed by atoms with Crippen molar-refractivity contribution in [2.45, 2.75) is 31.2 Å². The van der Waals surface area contributed by atoms with Gasteiger partial charge in [-0.25, -0.2) is 0 Å². The first-order chi connectivity index (χ1) is 10.0. The third kappa shape index (κ3) is 3.25. The summed E-state index contributed by atoms with van der Waals surface area (Å²) in [5.41, 5.74) is 5.03. The maximum Gasteiger partial charge on any atom is 0.0533 e. The zero-order chi connectivity index (χ0) is 15.0. The smallest absolute Gasteiger partial charge is 0.0533 e. The van der Waals surface area contributed by atoms with Crippen molar-refractivity contribution in [3.8, 4) is 0 Å². The molecule has 1 atom stereocenters. The molecule has 110 valence electrons. The number of hydrogen-bond acceptors (Lipinski definition) is 2. The number of halogens is 2. The summed E-state index contributed by atoms with van der Waals surface area (Å²) in [4.78, 5) is 1.34. The number of fused-ring (bicyclic) bond motifs is 1. The minimum Gasteiger partial charge on any atom is -0.377 e. The van der Waals surface area contributed by atoms with Gasteiger partial charge in [0.15, 0.2) is 0 Å². The number of rotatable bonds is 2. The van der Waals surface area contributed by atoms with E-state index < -0.39 is 0 Å². The van der Waals surface area contributed by atoms with Crippen molar-refractivity contribution in [2.75, 3.05) is 11.1 Å². The molecule has 1 unspecified atom stereocenters. The minimum atomic E-state index is 0.317. The van der Waals surface area contributed by atoms with Crippen LogP contribution in [0.25, 0.3) is 0 Å². The molecule has 0 amide bonds. The van der Waals surface area contributed by atoms with Crippen molar-refractivity contribution in [1.29, 1.82) is 0 Å². The van der Waals surface area contributed by atoms with Gasteiger partial charge in [-0.15, -0.1) is 11.8 Å². The van der Waals surface area contributed by atoms with Gasteiger partial charge in [0.05, 0.1) is 11.7 Å². The van der Waals surface area contributed by atoms with Crippen molar-refractivity contribution in [3.63, 3.8) is 0 Å². The quantitative estimate of drug-likeness (QED) is 0.647. The van der Waals surface area contributed by atoms with Gasteiger partial charge in [0.2, 0.25) is 0 Å². The summed E-state index contributed by atoms with van der Waals surface area (Å²) >= 11 is 11.8. The molecule has 1 N–H and O–H groups in total. The number of aryl methyl sites for hydroxylation is 2. The van der Waals surface area contributed by atoms with Gasteiger partial charge >= 0.3 is 0 Å². The maximum absolute atomic E-state index is 6.18. The van der Waals surface area contributed by atoms with Gasteiger partial charge in [-0.1, -0.05) is 17.7 Å². The van der Waals surface area contributed by atoms with E-state index in [0.29, 0.717) is 6.04 Å². The highest BCUT2D eigenvalue weighted by Crippen LogP contribution is 2.41. The van der Waals surface area contributed by atoms with Crippen LogP contribution < -0.4 is 5.32 Å². The molecule has 0 radical (unpaired) electrons. The predicted octanol–water partition coefficient (Wildman–Crippen LogP) is 6.37. The first-order valence-electron chi connectivity index (χ1n) is 7.00. The van der Waals surface area contributed by atoms with Crippen molar-refractivity contribution in [3.05, 3.63) is 56.5 Å². The molecule has 0 fully saturated rings. The topological polar surface area (TPSA) is 12.0 Å². The lowest BCUT2D eigenvalue weighted by atomic mass is 10.0. The van der Waals surface area contributed by atoms with E-state index >= 15 is 0 Å². The monoisotopic (exact) mass is 381 g/mol. The Morgan fingerprint density at radius 1 is 1.24 bits per heavy atom. The van der Waals surface area contributed by atoms with Gasteiger partial charge in [-0.3, -0.25) is 0 Å². The fourth-order valence-electron chi connectivity index (χ4n) is 2.79. The van der Waals surface area contributed by atoms with Crippen LogP contribution >= 0.6 is 39.3 Å². The van der Waals surface area contributed by atoms with Crippen LogP contribution in [0.3, 0.4) is 0 Å². The molecule has 0 saturated carbocycles. The molecule has 1 nitrogen and oxygen atoms in total. The molecule has 1 aliphatic rings. The van der Waals surface area contributed by atoms with Crippen molar-refractivity contribution >= 4 is 45.0 Å². The van der Waals surface area contributed by atoms with Gasteiger partial charge in [-0.05, 0) is 77.2 Å². The zero-order valence-corrected chi connectivity index (χ0v) is 15.2. The predicted molar refractivity (Wildman–Crippen MR) is 96.8 cm³/mol. The second kappa shape index (κ2) is 6.23. The van der Waals surface area contributed by atoms with E-state index in [1.807, 2.05) is 17.8 Å². The number of nitrogens with one attached hydrogen (secondary N) is 1. The molecule has 0 aliphatic carbocycles. The third-order valence-corrected chi connectivity index (χ3v) is 5.74. The summed E-state index contributed by atoms with van der Waals surface area (Å²) in [6, 6.07) is 10.9. The highest BCUT2D eigenvalue weighted by molar-refractivity contribution is 9.10.